The lowest BCUT2D eigenvalue weighted by Crippen LogP contribution is -2.40. The maximum absolute atomic E-state index is 12.2. The molecule has 8 heteroatoms. The summed E-state index contributed by atoms with van der Waals surface area (Å²) in [7, 11) is 3.03. The van der Waals surface area contributed by atoms with Gasteiger partial charge < -0.3 is 24.8 Å². The maximum atomic E-state index is 12.2. The van der Waals surface area contributed by atoms with Gasteiger partial charge >= 0.3 is 0 Å². The van der Waals surface area contributed by atoms with Crippen LogP contribution in [0.5, 0.6) is 17.2 Å². The van der Waals surface area contributed by atoms with E-state index in [2.05, 4.69) is 10.6 Å². The smallest absolute Gasteiger partial charge is 0.260 e. The Bertz CT molecular complexity index is 811. The Morgan fingerprint density at radius 2 is 1.61 bits per heavy atom. The van der Waals surface area contributed by atoms with E-state index in [1.165, 1.54) is 14.2 Å². The zero-order valence-electron chi connectivity index (χ0n) is 16.0. The number of nitrogens with one attached hydrogen (secondary N) is 2. The van der Waals surface area contributed by atoms with Crippen LogP contribution in [0, 0.1) is 0 Å². The lowest BCUT2D eigenvalue weighted by atomic mass is 10.2. The Balaban J connectivity index is 1.76. The number of methoxy groups -OCH3 is 2. The lowest BCUT2D eigenvalue weighted by molar-refractivity contribution is -0.127. The van der Waals surface area contributed by atoms with Gasteiger partial charge in [-0.05, 0) is 49.4 Å². The van der Waals surface area contributed by atoms with Crippen LogP contribution in [0.25, 0.3) is 0 Å². The molecule has 28 heavy (non-hydrogen) atoms. The van der Waals surface area contributed by atoms with Crippen molar-refractivity contribution < 1.29 is 23.8 Å². The van der Waals surface area contributed by atoms with Crippen molar-refractivity contribution in [2.45, 2.75) is 13.0 Å². The van der Waals surface area contributed by atoms with Gasteiger partial charge in [0, 0.05) is 23.7 Å². The molecule has 2 rings (SSSR count). The molecule has 1 unspecified atom stereocenters. The van der Waals surface area contributed by atoms with E-state index in [0.717, 1.165) is 0 Å². The second kappa shape index (κ2) is 10.4. The standard InChI is InChI=1S/C20H23ClN2O5/c1-13(28-16-7-5-15(21)6-8-16)19(24)22-10-11-23-20(25)14-4-9-17(26-2)18(12-14)27-3/h4-9,12-13H,10-11H2,1-3H3,(H,22,24)(H,23,25). The predicted octanol–water partition coefficient (Wildman–Crippen LogP) is 2.67. The van der Waals surface area contributed by atoms with Gasteiger partial charge in [-0.2, -0.15) is 0 Å². The van der Waals surface area contributed by atoms with Gasteiger partial charge in [0.2, 0.25) is 0 Å². The van der Waals surface area contributed by atoms with E-state index in [1.807, 2.05) is 0 Å². The summed E-state index contributed by atoms with van der Waals surface area (Å²) in [5.74, 6) is 1.00. The number of carbonyl (C=O) groups excluding carboxylic acids is 2. The Hall–Kier alpha value is -2.93. The summed E-state index contributed by atoms with van der Waals surface area (Å²) in [6.07, 6.45) is -0.678. The van der Waals surface area contributed by atoms with Crippen LogP contribution >= 0.6 is 11.6 Å². The van der Waals surface area contributed by atoms with Crippen LogP contribution in [0.4, 0.5) is 0 Å². The summed E-state index contributed by atoms with van der Waals surface area (Å²) in [6.45, 7) is 2.19. The summed E-state index contributed by atoms with van der Waals surface area (Å²) in [6, 6.07) is 11.6. The van der Waals surface area contributed by atoms with Crippen LogP contribution in [0.1, 0.15) is 17.3 Å². The van der Waals surface area contributed by atoms with Gasteiger partial charge in [0.25, 0.3) is 11.8 Å². The molecule has 7 nitrogen and oxygen atoms in total. The largest absolute Gasteiger partial charge is 0.493 e. The molecule has 2 N–H and O–H groups in total. The Kier molecular flexibility index (Phi) is 7.95. The number of halogens is 1. The molecule has 2 amide bonds. The van der Waals surface area contributed by atoms with Crippen LogP contribution in [-0.4, -0.2) is 45.2 Å². The molecule has 0 aromatic heterocycles. The van der Waals surface area contributed by atoms with Gasteiger partial charge in [-0.3, -0.25) is 9.59 Å². The predicted molar refractivity (Wildman–Crippen MR) is 106 cm³/mol. The zero-order chi connectivity index (χ0) is 20.5. The van der Waals surface area contributed by atoms with E-state index < -0.39 is 6.10 Å². The highest BCUT2D eigenvalue weighted by atomic mass is 35.5. The van der Waals surface area contributed by atoms with Crippen LogP contribution < -0.4 is 24.8 Å². The van der Waals surface area contributed by atoms with Crippen molar-refractivity contribution in [2.24, 2.45) is 0 Å². The summed E-state index contributed by atoms with van der Waals surface area (Å²) in [4.78, 5) is 24.3. The third-order valence-corrected chi connectivity index (χ3v) is 4.10. The van der Waals surface area contributed by atoms with Crippen molar-refractivity contribution in [1.82, 2.24) is 10.6 Å². The van der Waals surface area contributed by atoms with Crippen molar-refractivity contribution in [3.05, 3.63) is 53.1 Å². The topological polar surface area (TPSA) is 85.9 Å². The molecule has 0 aliphatic carbocycles. The quantitative estimate of drug-likeness (QED) is 0.625. The van der Waals surface area contributed by atoms with Crippen molar-refractivity contribution in [3.8, 4) is 17.2 Å². The molecule has 0 fully saturated rings. The third-order valence-electron chi connectivity index (χ3n) is 3.85. The summed E-state index contributed by atoms with van der Waals surface area (Å²) < 4.78 is 15.9. The molecule has 2 aromatic rings. The first-order chi connectivity index (χ1) is 13.4. The lowest BCUT2D eigenvalue weighted by Gasteiger charge is -2.15. The molecule has 0 radical (unpaired) electrons. The third kappa shape index (κ3) is 6.06. The molecule has 0 saturated heterocycles. The average molecular weight is 407 g/mol. The number of hydrogen-bond acceptors (Lipinski definition) is 5. The first kappa shape index (κ1) is 21.4. The fourth-order valence-corrected chi connectivity index (χ4v) is 2.48. The van der Waals surface area contributed by atoms with Crippen molar-refractivity contribution in [2.75, 3.05) is 27.3 Å². The SMILES string of the molecule is COc1ccc(C(=O)NCCNC(=O)C(C)Oc2ccc(Cl)cc2)cc1OC. The summed E-state index contributed by atoms with van der Waals surface area (Å²) in [5.41, 5.74) is 0.434. The fraction of sp³-hybridized carbons (Fsp3) is 0.300. The minimum atomic E-state index is -0.678. The first-order valence-corrected chi connectivity index (χ1v) is 9.02. The van der Waals surface area contributed by atoms with E-state index in [9.17, 15) is 9.59 Å². The molecule has 0 aliphatic heterocycles. The van der Waals surface area contributed by atoms with Crippen LogP contribution in [0.15, 0.2) is 42.5 Å². The zero-order valence-corrected chi connectivity index (χ0v) is 16.7. The van der Waals surface area contributed by atoms with Gasteiger partial charge in [0.05, 0.1) is 14.2 Å². The van der Waals surface area contributed by atoms with E-state index in [4.69, 9.17) is 25.8 Å². The molecule has 0 aliphatic rings. The molecule has 0 heterocycles. The minimum Gasteiger partial charge on any atom is -0.493 e. The van der Waals surface area contributed by atoms with Crippen molar-refractivity contribution in [1.29, 1.82) is 0 Å². The average Bonchev–Trinajstić information content (AvgIpc) is 2.71. The van der Waals surface area contributed by atoms with Gasteiger partial charge in [-0.1, -0.05) is 11.6 Å². The highest BCUT2D eigenvalue weighted by Crippen LogP contribution is 2.27. The second-order valence-corrected chi connectivity index (χ2v) is 6.27. The Labute approximate surface area is 168 Å². The van der Waals surface area contributed by atoms with E-state index >= 15 is 0 Å². The number of hydrogen-bond donors (Lipinski definition) is 2. The Morgan fingerprint density at radius 3 is 2.25 bits per heavy atom. The molecular formula is C20H23ClN2O5. The second-order valence-electron chi connectivity index (χ2n) is 5.83. The molecule has 1 atom stereocenters. The van der Waals surface area contributed by atoms with E-state index in [1.54, 1.807) is 49.4 Å². The van der Waals surface area contributed by atoms with Crippen LogP contribution in [-0.2, 0) is 4.79 Å². The summed E-state index contributed by atoms with van der Waals surface area (Å²) >= 11 is 5.81. The minimum absolute atomic E-state index is 0.270. The highest BCUT2D eigenvalue weighted by Gasteiger charge is 2.14. The van der Waals surface area contributed by atoms with Crippen molar-refractivity contribution >= 4 is 23.4 Å². The molecule has 0 spiro atoms. The number of rotatable bonds is 9. The Morgan fingerprint density at radius 1 is 0.964 bits per heavy atom. The number of benzene rings is 2. The van der Waals surface area contributed by atoms with Crippen LogP contribution in [0.2, 0.25) is 5.02 Å². The van der Waals surface area contributed by atoms with Crippen LogP contribution in [0.3, 0.4) is 0 Å². The van der Waals surface area contributed by atoms with E-state index in [-0.39, 0.29) is 24.9 Å². The molecular weight excluding hydrogens is 384 g/mol. The van der Waals surface area contributed by atoms with E-state index in [0.29, 0.717) is 27.8 Å². The fourth-order valence-electron chi connectivity index (χ4n) is 2.36. The normalized spacial score (nSPS) is 11.3. The molecule has 2 aromatic carbocycles. The highest BCUT2D eigenvalue weighted by molar-refractivity contribution is 6.30. The number of amides is 2. The number of ether oxygens (including phenoxy) is 3. The monoisotopic (exact) mass is 406 g/mol. The molecule has 150 valence electrons. The maximum Gasteiger partial charge on any atom is 0.260 e. The van der Waals surface area contributed by atoms with Crippen molar-refractivity contribution in [3.63, 3.8) is 0 Å². The van der Waals surface area contributed by atoms with Gasteiger partial charge in [0.15, 0.2) is 17.6 Å². The van der Waals surface area contributed by atoms with Gasteiger partial charge in [-0.25, -0.2) is 0 Å². The first-order valence-electron chi connectivity index (χ1n) is 8.64. The number of carbonyl (C=O) groups is 2. The molecule has 0 saturated carbocycles. The van der Waals surface area contributed by atoms with Gasteiger partial charge in [-0.15, -0.1) is 0 Å². The molecule has 0 bridgehead atoms. The summed E-state index contributed by atoms with van der Waals surface area (Å²) in [5, 5.41) is 6.04. The van der Waals surface area contributed by atoms with Gasteiger partial charge in [0.1, 0.15) is 5.75 Å².